The van der Waals surface area contributed by atoms with Crippen molar-refractivity contribution >= 4 is 23.6 Å². The van der Waals surface area contributed by atoms with Crippen LogP contribution in [0.3, 0.4) is 0 Å². The standard InChI is InChI=1S/C11H8N2O4/c12-11(15)6-3-13-8-5(9(6)14)1-2-7-10(8)17-4-16-7/h1-3,6H,4H2,(H2,12,15). The second-order valence-corrected chi connectivity index (χ2v) is 3.72. The van der Waals surface area contributed by atoms with Gasteiger partial charge in [-0.1, -0.05) is 0 Å². The number of fused-ring (bicyclic) bond motifs is 3. The number of nitrogens with two attached hydrogens (primary N) is 1. The number of benzene rings is 1. The summed E-state index contributed by atoms with van der Waals surface area (Å²) in [4.78, 5) is 27.1. The van der Waals surface area contributed by atoms with Crippen LogP contribution < -0.4 is 15.2 Å². The highest BCUT2D eigenvalue weighted by molar-refractivity contribution is 6.23. The number of rotatable bonds is 1. The molecule has 2 N–H and O–H groups in total. The molecule has 1 aromatic carbocycles. The first-order valence-corrected chi connectivity index (χ1v) is 4.99. The maximum Gasteiger partial charge on any atom is 0.233 e. The number of Topliss-reactive ketones (excluding diaryl/α,β-unsaturated/α-hetero) is 1. The number of hydrogen-bond acceptors (Lipinski definition) is 5. The minimum Gasteiger partial charge on any atom is -0.454 e. The van der Waals surface area contributed by atoms with Crippen molar-refractivity contribution in [2.75, 3.05) is 6.79 Å². The molecule has 6 heteroatoms. The van der Waals surface area contributed by atoms with Gasteiger partial charge in [0.1, 0.15) is 11.6 Å². The number of primary amides is 1. The molecule has 17 heavy (non-hydrogen) atoms. The highest BCUT2D eigenvalue weighted by Crippen LogP contribution is 2.44. The van der Waals surface area contributed by atoms with E-state index in [2.05, 4.69) is 4.99 Å². The van der Waals surface area contributed by atoms with Crippen LogP contribution in [0, 0.1) is 5.92 Å². The third-order valence-corrected chi connectivity index (χ3v) is 2.72. The number of aliphatic imine (C=N–C) groups is 1. The summed E-state index contributed by atoms with van der Waals surface area (Å²) in [6.07, 6.45) is 1.24. The van der Waals surface area contributed by atoms with Gasteiger partial charge < -0.3 is 15.2 Å². The van der Waals surface area contributed by atoms with Crippen LogP contribution in [-0.4, -0.2) is 24.7 Å². The van der Waals surface area contributed by atoms with Gasteiger partial charge in [0.25, 0.3) is 0 Å². The van der Waals surface area contributed by atoms with Crippen molar-refractivity contribution in [3.05, 3.63) is 17.7 Å². The van der Waals surface area contributed by atoms with Gasteiger partial charge in [-0.25, -0.2) is 0 Å². The van der Waals surface area contributed by atoms with E-state index in [4.69, 9.17) is 15.2 Å². The van der Waals surface area contributed by atoms with E-state index < -0.39 is 11.8 Å². The molecule has 86 valence electrons. The fourth-order valence-electron chi connectivity index (χ4n) is 1.87. The van der Waals surface area contributed by atoms with Crippen molar-refractivity contribution in [1.29, 1.82) is 0 Å². The molecule has 1 atom stereocenters. The third kappa shape index (κ3) is 1.30. The molecule has 2 aliphatic rings. The van der Waals surface area contributed by atoms with Crippen LogP contribution in [0.5, 0.6) is 11.5 Å². The predicted molar refractivity (Wildman–Crippen MR) is 57.7 cm³/mol. The van der Waals surface area contributed by atoms with Gasteiger partial charge in [0.05, 0.1) is 0 Å². The van der Waals surface area contributed by atoms with Crippen molar-refractivity contribution in [2.24, 2.45) is 16.6 Å². The summed E-state index contributed by atoms with van der Waals surface area (Å²) >= 11 is 0. The monoisotopic (exact) mass is 232 g/mol. The first-order valence-electron chi connectivity index (χ1n) is 4.99. The Morgan fingerprint density at radius 3 is 3.00 bits per heavy atom. The molecule has 0 bridgehead atoms. The summed E-state index contributed by atoms with van der Waals surface area (Å²) < 4.78 is 10.4. The van der Waals surface area contributed by atoms with E-state index in [1.807, 2.05) is 0 Å². The number of hydrogen-bond donors (Lipinski definition) is 1. The number of ether oxygens (including phenoxy) is 2. The summed E-state index contributed by atoms with van der Waals surface area (Å²) in [6, 6.07) is 3.19. The Balaban J connectivity index is 2.15. The van der Waals surface area contributed by atoms with Crippen LogP contribution in [0.4, 0.5) is 5.69 Å². The van der Waals surface area contributed by atoms with Crippen molar-refractivity contribution in [3.8, 4) is 11.5 Å². The zero-order valence-electron chi connectivity index (χ0n) is 8.67. The molecule has 0 saturated heterocycles. The lowest BCUT2D eigenvalue weighted by Crippen LogP contribution is -2.33. The summed E-state index contributed by atoms with van der Waals surface area (Å²) in [5.41, 5.74) is 5.86. The lowest BCUT2D eigenvalue weighted by atomic mass is 9.93. The number of carbonyl (C=O) groups is 2. The van der Waals surface area contributed by atoms with E-state index in [0.29, 0.717) is 22.7 Å². The summed E-state index contributed by atoms with van der Waals surface area (Å²) in [7, 11) is 0. The van der Waals surface area contributed by atoms with Crippen molar-refractivity contribution in [3.63, 3.8) is 0 Å². The second kappa shape index (κ2) is 3.31. The molecule has 6 nitrogen and oxygen atoms in total. The second-order valence-electron chi connectivity index (χ2n) is 3.72. The Morgan fingerprint density at radius 2 is 2.24 bits per heavy atom. The van der Waals surface area contributed by atoms with E-state index in [9.17, 15) is 9.59 Å². The zero-order valence-corrected chi connectivity index (χ0v) is 8.67. The van der Waals surface area contributed by atoms with Crippen LogP contribution in [-0.2, 0) is 4.79 Å². The topological polar surface area (TPSA) is 91.0 Å². The smallest absolute Gasteiger partial charge is 0.233 e. The molecule has 0 radical (unpaired) electrons. The lowest BCUT2D eigenvalue weighted by Gasteiger charge is -2.15. The van der Waals surface area contributed by atoms with Gasteiger partial charge in [-0.2, -0.15) is 0 Å². The molecule has 3 rings (SSSR count). The van der Waals surface area contributed by atoms with Gasteiger partial charge in [-0.15, -0.1) is 0 Å². The van der Waals surface area contributed by atoms with Crippen LogP contribution in [0.15, 0.2) is 17.1 Å². The molecule has 0 aromatic heterocycles. The summed E-state index contributed by atoms with van der Waals surface area (Å²) in [6.45, 7) is 0.106. The number of nitrogens with zero attached hydrogens (tertiary/aromatic N) is 1. The summed E-state index contributed by atoms with van der Waals surface area (Å²) in [5.74, 6) is -1.08. The van der Waals surface area contributed by atoms with Gasteiger partial charge in [-0.3, -0.25) is 14.6 Å². The predicted octanol–water partition coefficient (Wildman–Crippen LogP) is 0.415. The van der Waals surface area contributed by atoms with Crippen molar-refractivity contribution < 1.29 is 19.1 Å². The van der Waals surface area contributed by atoms with Crippen molar-refractivity contribution in [1.82, 2.24) is 0 Å². The van der Waals surface area contributed by atoms with Gasteiger partial charge in [0.15, 0.2) is 17.3 Å². The molecule has 0 fully saturated rings. The highest BCUT2D eigenvalue weighted by atomic mass is 16.7. The third-order valence-electron chi connectivity index (χ3n) is 2.72. The lowest BCUT2D eigenvalue weighted by molar-refractivity contribution is -0.118. The average Bonchev–Trinajstić information content (AvgIpc) is 2.77. The van der Waals surface area contributed by atoms with E-state index in [0.717, 1.165) is 0 Å². The van der Waals surface area contributed by atoms with E-state index in [1.165, 1.54) is 6.21 Å². The van der Waals surface area contributed by atoms with Gasteiger partial charge in [-0.05, 0) is 12.1 Å². The van der Waals surface area contributed by atoms with E-state index in [-0.39, 0.29) is 12.6 Å². The Hall–Kier alpha value is -2.37. The Kier molecular flexibility index (Phi) is 1.91. The minimum atomic E-state index is -0.997. The molecule has 1 amide bonds. The largest absolute Gasteiger partial charge is 0.454 e. The Bertz CT molecular complexity index is 565. The molecule has 0 spiro atoms. The fraction of sp³-hybridized carbons (Fsp3) is 0.182. The number of amides is 1. The van der Waals surface area contributed by atoms with Gasteiger partial charge >= 0.3 is 0 Å². The van der Waals surface area contributed by atoms with Crippen molar-refractivity contribution in [2.45, 2.75) is 0 Å². The molecular weight excluding hydrogens is 224 g/mol. The Morgan fingerprint density at radius 1 is 1.41 bits per heavy atom. The van der Waals surface area contributed by atoms with Crippen LogP contribution >= 0.6 is 0 Å². The zero-order chi connectivity index (χ0) is 12.0. The molecule has 0 aliphatic carbocycles. The molecule has 2 heterocycles. The normalized spacial score (nSPS) is 20.2. The van der Waals surface area contributed by atoms with Gasteiger partial charge in [0, 0.05) is 11.8 Å². The molecule has 0 saturated carbocycles. The summed E-state index contributed by atoms with van der Waals surface area (Å²) in [5, 5.41) is 0. The first kappa shape index (κ1) is 9.83. The molecule has 1 unspecified atom stereocenters. The van der Waals surface area contributed by atoms with Crippen LogP contribution in [0.2, 0.25) is 0 Å². The Labute approximate surface area is 96.0 Å². The quantitative estimate of drug-likeness (QED) is 0.710. The SMILES string of the molecule is NC(=O)C1C=Nc2c(ccc3c2OCO3)C1=O. The number of ketones is 1. The number of carbonyl (C=O) groups excluding carboxylic acids is 2. The average molecular weight is 232 g/mol. The molecular formula is C11H8N2O4. The molecule has 2 aliphatic heterocycles. The van der Waals surface area contributed by atoms with Gasteiger partial charge in [0.2, 0.25) is 12.7 Å². The van der Waals surface area contributed by atoms with Crippen LogP contribution in [0.25, 0.3) is 0 Å². The fourth-order valence-corrected chi connectivity index (χ4v) is 1.87. The first-order chi connectivity index (χ1) is 8.18. The van der Waals surface area contributed by atoms with Crippen LogP contribution in [0.1, 0.15) is 10.4 Å². The highest BCUT2D eigenvalue weighted by Gasteiger charge is 2.33. The van der Waals surface area contributed by atoms with E-state index in [1.54, 1.807) is 12.1 Å². The van der Waals surface area contributed by atoms with E-state index >= 15 is 0 Å². The minimum absolute atomic E-state index is 0.106. The maximum atomic E-state index is 12.0. The maximum absolute atomic E-state index is 12.0. The molecule has 1 aromatic rings.